The number of aryl methyl sites for hydroxylation is 1. The summed E-state index contributed by atoms with van der Waals surface area (Å²) in [5.41, 5.74) is 0.624. The molecule has 1 aromatic heterocycles. The highest BCUT2D eigenvalue weighted by Crippen LogP contribution is 2.34. The van der Waals surface area contributed by atoms with Crippen LogP contribution in [0, 0.1) is 17.7 Å². The number of carbonyl (C=O) groups is 1. The third kappa shape index (κ3) is 4.07. The molecule has 3 N–H and O–H groups in total. The number of nitrogens with zero attached hydrogens (tertiary/aromatic N) is 1. The maximum absolute atomic E-state index is 12.5. The van der Waals surface area contributed by atoms with Crippen LogP contribution < -0.4 is 10.1 Å². The van der Waals surface area contributed by atoms with Crippen molar-refractivity contribution in [2.75, 3.05) is 13.1 Å². The number of rotatable bonds is 6. The van der Waals surface area contributed by atoms with Gasteiger partial charge in [-0.15, -0.1) is 0 Å². The van der Waals surface area contributed by atoms with Crippen molar-refractivity contribution >= 4 is 38.9 Å². The van der Waals surface area contributed by atoms with Crippen molar-refractivity contribution in [1.29, 1.82) is 10.8 Å². The molecular formula is C21H20N4O5S. The zero-order chi connectivity index (χ0) is 22.2. The monoisotopic (exact) mass is 440 g/mol. The molecule has 1 saturated heterocycles. The maximum atomic E-state index is 12.5. The highest BCUT2D eigenvalue weighted by atomic mass is 32.2. The second-order valence-corrected chi connectivity index (χ2v) is 9.02. The Kier molecular flexibility index (Phi) is 5.34. The molecule has 2 heterocycles. The van der Waals surface area contributed by atoms with Crippen LogP contribution in [0.3, 0.4) is 0 Å². The van der Waals surface area contributed by atoms with E-state index in [0.717, 1.165) is 12.6 Å². The Morgan fingerprint density at radius 1 is 1.19 bits per heavy atom. The summed E-state index contributed by atoms with van der Waals surface area (Å²) < 4.78 is 38.0. The number of carbonyl (C=O) groups excluding carboxylic acids is 1. The average Bonchev–Trinajstić information content (AvgIpc) is 3.07. The first-order valence-electron chi connectivity index (χ1n) is 9.50. The van der Waals surface area contributed by atoms with Crippen molar-refractivity contribution < 1.29 is 22.4 Å². The van der Waals surface area contributed by atoms with E-state index in [2.05, 4.69) is 5.32 Å². The van der Waals surface area contributed by atoms with Gasteiger partial charge in [0.05, 0.1) is 16.5 Å². The van der Waals surface area contributed by atoms with Gasteiger partial charge in [-0.2, -0.15) is 4.31 Å². The van der Waals surface area contributed by atoms with E-state index >= 15 is 0 Å². The van der Waals surface area contributed by atoms with Gasteiger partial charge in [0, 0.05) is 18.7 Å². The van der Waals surface area contributed by atoms with Gasteiger partial charge in [-0.3, -0.25) is 10.2 Å². The Bertz CT molecular complexity index is 1290. The van der Waals surface area contributed by atoms with E-state index in [1.54, 1.807) is 25.1 Å². The predicted molar refractivity (Wildman–Crippen MR) is 115 cm³/mol. The number of amidine groups is 1. The molecule has 0 atom stereocenters. The Morgan fingerprint density at radius 3 is 2.52 bits per heavy atom. The second-order valence-electron chi connectivity index (χ2n) is 7.09. The van der Waals surface area contributed by atoms with Gasteiger partial charge >= 0.3 is 0 Å². The van der Waals surface area contributed by atoms with Crippen molar-refractivity contribution in [2.45, 2.75) is 18.2 Å². The van der Waals surface area contributed by atoms with Gasteiger partial charge in [0.1, 0.15) is 28.7 Å². The fourth-order valence-electron chi connectivity index (χ4n) is 3.16. The molecule has 0 radical (unpaired) electrons. The number of amides is 1. The van der Waals surface area contributed by atoms with Gasteiger partial charge in [-0.25, -0.2) is 8.42 Å². The first kappa shape index (κ1) is 20.8. The van der Waals surface area contributed by atoms with Crippen LogP contribution in [0.1, 0.15) is 22.5 Å². The minimum absolute atomic E-state index is 0.195. The summed E-state index contributed by atoms with van der Waals surface area (Å²) >= 11 is 0. The van der Waals surface area contributed by atoms with Gasteiger partial charge < -0.3 is 19.9 Å². The summed E-state index contributed by atoms with van der Waals surface area (Å²) in [7, 11) is -3.48. The smallest absolute Gasteiger partial charge is 0.257 e. The molecule has 2 aromatic carbocycles. The van der Waals surface area contributed by atoms with Gasteiger partial charge in [0.25, 0.3) is 5.91 Å². The van der Waals surface area contributed by atoms with Crippen LogP contribution in [-0.4, -0.2) is 43.8 Å². The molecule has 0 bridgehead atoms. The maximum Gasteiger partial charge on any atom is 0.257 e. The summed E-state index contributed by atoms with van der Waals surface area (Å²) in [4.78, 5) is 12.6. The Labute approximate surface area is 178 Å². The van der Waals surface area contributed by atoms with Crippen molar-refractivity contribution in [3.8, 4) is 11.5 Å². The van der Waals surface area contributed by atoms with E-state index in [9.17, 15) is 13.2 Å². The van der Waals surface area contributed by atoms with Crippen LogP contribution in [0.25, 0.3) is 11.0 Å². The summed E-state index contributed by atoms with van der Waals surface area (Å²) in [6.45, 7) is 2.83. The first-order valence-corrected chi connectivity index (χ1v) is 10.9. The van der Waals surface area contributed by atoms with E-state index in [-0.39, 0.29) is 16.3 Å². The first-order chi connectivity index (χ1) is 14.8. The van der Waals surface area contributed by atoms with Crippen LogP contribution >= 0.6 is 0 Å². The van der Waals surface area contributed by atoms with Crippen molar-refractivity contribution in [3.63, 3.8) is 0 Å². The molecular weight excluding hydrogens is 420 g/mol. The zero-order valence-corrected chi connectivity index (χ0v) is 17.5. The van der Waals surface area contributed by atoms with Crippen LogP contribution in [0.2, 0.25) is 0 Å². The average molecular weight is 440 g/mol. The zero-order valence-electron chi connectivity index (χ0n) is 16.6. The van der Waals surface area contributed by atoms with E-state index in [1.807, 2.05) is 0 Å². The Hall–Kier alpha value is -3.50. The van der Waals surface area contributed by atoms with Crippen molar-refractivity contribution in [1.82, 2.24) is 9.62 Å². The lowest BCUT2D eigenvalue weighted by atomic mass is 10.1. The molecule has 1 aliphatic heterocycles. The molecule has 160 valence electrons. The molecule has 0 unspecified atom stereocenters. The fourth-order valence-corrected chi connectivity index (χ4v) is 4.68. The Morgan fingerprint density at radius 2 is 1.90 bits per heavy atom. The molecule has 10 heteroatoms. The lowest BCUT2D eigenvalue weighted by Gasteiger charge is -2.29. The number of benzene rings is 2. The molecule has 1 aliphatic rings. The number of nitrogens with one attached hydrogen (secondary N) is 3. The molecule has 9 nitrogen and oxygen atoms in total. The topological polar surface area (TPSA) is 137 Å². The standard InChI is InChI=1S/C21H20N4O5S/c1-13-9-17-18(29-13)10-14(21(26)24-20(23)12-22)11-19(17)30-15-3-5-16(6-4-15)31(27,28)25-7-2-8-25/h3-6,9-12,22H,2,7-8H2,1H3,(H2,23,24,26). The third-order valence-corrected chi connectivity index (χ3v) is 6.79. The number of sulfonamides is 1. The molecule has 1 amide bonds. The van der Waals surface area contributed by atoms with E-state index in [4.69, 9.17) is 20.0 Å². The molecule has 3 aromatic rings. The van der Waals surface area contributed by atoms with E-state index in [0.29, 0.717) is 41.3 Å². The highest BCUT2D eigenvalue weighted by molar-refractivity contribution is 7.89. The molecule has 0 aliphatic carbocycles. The van der Waals surface area contributed by atoms with Crippen LogP contribution in [0.15, 0.2) is 51.8 Å². The molecule has 1 fully saturated rings. The van der Waals surface area contributed by atoms with Gasteiger partial charge in [-0.05, 0) is 55.8 Å². The van der Waals surface area contributed by atoms with Crippen molar-refractivity contribution in [3.05, 3.63) is 53.8 Å². The molecule has 0 spiro atoms. The Balaban J connectivity index is 1.65. The fraction of sp³-hybridized carbons (Fsp3) is 0.190. The van der Waals surface area contributed by atoms with Gasteiger partial charge in [0.2, 0.25) is 10.0 Å². The SMILES string of the molecule is Cc1cc2c(Oc3ccc(S(=O)(=O)N4CCC4)cc3)cc(C(=O)NC(=N)C=N)cc2o1. The number of fused-ring (bicyclic) bond motifs is 1. The van der Waals surface area contributed by atoms with Crippen LogP contribution in [-0.2, 0) is 10.0 Å². The summed E-state index contributed by atoms with van der Waals surface area (Å²) in [5, 5.41) is 17.4. The normalized spacial score (nSPS) is 14.1. The largest absolute Gasteiger partial charge is 0.461 e. The quantitative estimate of drug-likeness (QED) is 0.399. The number of ether oxygens (including phenoxy) is 1. The number of furan rings is 1. The van der Waals surface area contributed by atoms with E-state index in [1.165, 1.54) is 28.6 Å². The lowest BCUT2D eigenvalue weighted by Crippen LogP contribution is -2.41. The van der Waals surface area contributed by atoms with Crippen LogP contribution in [0.4, 0.5) is 0 Å². The van der Waals surface area contributed by atoms with Gasteiger partial charge in [0.15, 0.2) is 0 Å². The predicted octanol–water partition coefficient (Wildman–Crippen LogP) is 3.28. The third-order valence-electron chi connectivity index (χ3n) is 4.88. The number of hydrogen-bond acceptors (Lipinski definition) is 7. The number of hydrogen-bond donors (Lipinski definition) is 3. The molecule has 0 saturated carbocycles. The summed E-state index contributed by atoms with van der Waals surface area (Å²) in [6.07, 6.45) is 1.59. The molecule has 4 rings (SSSR count). The van der Waals surface area contributed by atoms with E-state index < -0.39 is 15.9 Å². The van der Waals surface area contributed by atoms with Crippen molar-refractivity contribution in [2.24, 2.45) is 0 Å². The minimum Gasteiger partial charge on any atom is -0.461 e. The second kappa shape index (κ2) is 7.97. The highest BCUT2D eigenvalue weighted by Gasteiger charge is 2.29. The van der Waals surface area contributed by atoms with Gasteiger partial charge in [-0.1, -0.05) is 0 Å². The summed E-state index contributed by atoms with van der Waals surface area (Å²) in [6, 6.07) is 10.9. The minimum atomic E-state index is -3.48. The lowest BCUT2D eigenvalue weighted by molar-refractivity contribution is 0.0977. The van der Waals surface area contributed by atoms with Crippen LogP contribution in [0.5, 0.6) is 11.5 Å². The summed E-state index contributed by atoms with van der Waals surface area (Å²) in [5.74, 6) is 0.444. The molecule has 31 heavy (non-hydrogen) atoms.